The van der Waals surface area contributed by atoms with Crippen LogP contribution in [0.15, 0.2) is 58.0 Å². The molecule has 27 heavy (non-hydrogen) atoms. The predicted molar refractivity (Wildman–Crippen MR) is 103 cm³/mol. The Morgan fingerprint density at radius 3 is 2.56 bits per heavy atom. The highest BCUT2D eigenvalue weighted by molar-refractivity contribution is 5.98. The van der Waals surface area contributed by atoms with Gasteiger partial charge in [-0.05, 0) is 49.6 Å². The number of benzene rings is 1. The number of pyridine rings is 2. The molecule has 3 heterocycles. The Labute approximate surface area is 156 Å². The third-order valence-corrected chi connectivity index (χ3v) is 4.66. The van der Waals surface area contributed by atoms with Crippen molar-refractivity contribution in [1.29, 1.82) is 0 Å². The molecule has 3 aromatic heterocycles. The average molecular weight is 361 g/mol. The van der Waals surface area contributed by atoms with E-state index in [-0.39, 0.29) is 5.56 Å². The maximum absolute atomic E-state index is 12.8. The number of nitrogens with zero attached hydrogens (tertiary/aromatic N) is 3. The second-order valence-corrected chi connectivity index (χ2v) is 6.36. The number of rotatable bonds is 4. The first-order chi connectivity index (χ1) is 13.1. The summed E-state index contributed by atoms with van der Waals surface area (Å²) in [5.74, 6) is 1.34. The number of ether oxygens (including phenoxy) is 1. The molecule has 0 bridgehead atoms. The molecule has 1 aromatic carbocycles. The summed E-state index contributed by atoms with van der Waals surface area (Å²) in [7, 11) is 1.62. The SMILES string of the molecule is COc1ccc2ccc(=O)n(Cc3ccccn3)c2c1-c1c(C)noc1C. The van der Waals surface area contributed by atoms with Gasteiger partial charge in [0.25, 0.3) is 5.56 Å². The van der Waals surface area contributed by atoms with Gasteiger partial charge in [-0.25, -0.2) is 0 Å². The molecule has 0 aliphatic heterocycles. The summed E-state index contributed by atoms with van der Waals surface area (Å²) in [6.45, 7) is 4.10. The van der Waals surface area contributed by atoms with Crippen LogP contribution in [0.3, 0.4) is 0 Å². The lowest BCUT2D eigenvalue weighted by Crippen LogP contribution is -2.21. The third-order valence-electron chi connectivity index (χ3n) is 4.66. The van der Waals surface area contributed by atoms with Crippen molar-refractivity contribution in [1.82, 2.24) is 14.7 Å². The van der Waals surface area contributed by atoms with Gasteiger partial charge in [0.2, 0.25) is 0 Å². The largest absolute Gasteiger partial charge is 0.496 e. The molecule has 6 nitrogen and oxygen atoms in total. The molecule has 0 unspecified atom stereocenters. The summed E-state index contributed by atoms with van der Waals surface area (Å²) in [5, 5.41) is 5.01. The highest BCUT2D eigenvalue weighted by atomic mass is 16.5. The van der Waals surface area contributed by atoms with Crippen LogP contribution in [0.2, 0.25) is 0 Å². The normalized spacial score (nSPS) is 11.1. The van der Waals surface area contributed by atoms with Gasteiger partial charge in [-0.15, -0.1) is 0 Å². The fraction of sp³-hybridized carbons (Fsp3) is 0.190. The Bertz CT molecular complexity index is 1160. The molecule has 0 aliphatic rings. The van der Waals surface area contributed by atoms with Crippen LogP contribution in [-0.4, -0.2) is 21.8 Å². The van der Waals surface area contributed by atoms with Crippen molar-refractivity contribution >= 4 is 10.9 Å². The molecule has 0 atom stereocenters. The standard InChI is InChI=1S/C21H19N3O3/c1-13-19(14(2)27-23-13)20-17(26-3)9-7-15-8-10-18(25)24(21(15)20)12-16-6-4-5-11-22-16/h4-11H,12H2,1-3H3. The van der Waals surface area contributed by atoms with E-state index in [0.717, 1.165) is 33.4 Å². The van der Waals surface area contributed by atoms with Crippen molar-refractivity contribution in [2.45, 2.75) is 20.4 Å². The molecule has 4 rings (SSSR count). The number of aryl methyl sites for hydroxylation is 2. The highest BCUT2D eigenvalue weighted by Crippen LogP contribution is 2.39. The number of fused-ring (bicyclic) bond motifs is 1. The fourth-order valence-electron chi connectivity index (χ4n) is 3.44. The van der Waals surface area contributed by atoms with Crippen LogP contribution in [0.1, 0.15) is 17.1 Å². The van der Waals surface area contributed by atoms with Crippen LogP contribution in [0, 0.1) is 13.8 Å². The molecule has 0 N–H and O–H groups in total. The van der Waals surface area contributed by atoms with Gasteiger partial charge in [0.05, 0.1) is 41.7 Å². The molecule has 0 amide bonds. The van der Waals surface area contributed by atoms with Crippen LogP contribution in [0.4, 0.5) is 0 Å². The van der Waals surface area contributed by atoms with E-state index in [1.807, 2.05) is 50.2 Å². The maximum atomic E-state index is 12.8. The number of hydrogen-bond donors (Lipinski definition) is 0. The van der Waals surface area contributed by atoms with E-state index < -0.39 is 0 Å². The van der Waals surface area contributed by atoms with Gasteiger partial charge in [-0.2, -0.15) is 0 Å². The Kier molecular flexibility index (Phi) is 4.24. The first kappa shape index (κ1) is 17.0. The van der Waals surface area contributed by atoms with Gasteiger partial charge in [0.15, 0.2) is 0 Å². The molecule has 0 saturated heterocycles. The first-order valence-corrected chi connectivity index (χ1v) is 8.64. The zero-order chi connectivity index (χ0) is 19.0. The maximum Gasteiger partial charge on any atom is 0.251 e. The van der Waals surface area contributed by atoms with Crippen molar-refractivity contribution in [3.63, 3.8) is 0 Å². The Morgan fingerprint density at radius 1 is 1.07 bits per heavy atom. The van der Waals surface area contributed by atoms with Gasteiger partial charge in [0.1, 0.15) is 11.5 Å². The second kappa shape index (κ2) is 6.72. The monoisotopic (exact) mass is 361 g/mol. The lowest BCUT2D eigenvalue weighted by atomic mass is 9.99. The molecule has 136 valence electrons. The molecule has 0 spiro atoms. The summed E-state index contributed by atoms with van der Waals surface area (Å²) in [4.78, 5) is 17.2. The topological polar surface area (TPSA) is 70.2 Å². The predicted octanol–water partition coefficient (Wildman–Crippen LogP) is 3.73. The molecular weight excluding hydrogens is 342 g/mol. The zero-order valence-electron chi connectivity index (χ0n) is 15.4. The van der Waals surface area contributed by atoms with Crippen LogP contribution in [-0.2, 0) is 6.54 Å². The quantitative estimate of drug-likeness (QED) is 0.554. The van der Waals surface area contributed by atoms with E-state index in [9.17, 15) is 4.79 Å². The van der Waals surface area contributed by atoms with Crippen LogP contribution >= 0.6 is 0 Å². The van der Waals surface area contributed by atoms with Crippen molar-refractivity contribution in [3.8, 4) is 16.9 Å². The zero-order valence-corrected chi connectivity index (χ0v) is 15.4. The Balaban J connectivity index is 2.09. The van der Waals surface area contributed by atoms with E-state index >= 15 is 0 Å². The first-order valence-electron chi connectivity index (χ1n) is 8.64. The summed E-state index contributed by atoms with van der Waals surface area (Å²) in [6, 6.07) is 12.9. The van der Waals surface area contributed by atoms with Gasteiger partial charge >= 0.3 is 0 Å². The number of methoxy groups -OCH3 is 1. The second-order valence-electron chi connectivity index (χ2n) is 6.36. The summed E-state index contributed by atoms with van der Waals surface area (Å²) in [6.07, 6.45) is 1.72. The minimum atomic E-state index is -0.102. The van der Waals surface area contributed by atoms with Crippen LogP contribution < -0.4 is 10.3 Å². The molecule has 0 radical (unpaired) electrons. The molecule has 4 aromatic rings. The molecule has 0 fully saturated rings. The van der Waals surface area contributed by atoms with Gasteiger partial charge in [-0.3, -0.25) is 9.78 Å². The summed E-state index contributed by atoms with van der Waals surface area (Å²) >= 11 is 0. The van der Waals surface area contributed by atoms with Crippen LogP contribution in [0.5, 0.6) is 5.75 Å². The minimum Gasteiger partial charge on any atom is -0.496 e. The number of hydrogen-bond acceptors (Lipinski definition) is 5. The molecule has 0 saturated carbocycles. The Hall–Kier alpha value is -3.41. The molecule has 6 heteroatoms. The smallest absolute Gasteiger partial charge is 0.251 e. The van der Waals surface area contributed by atoms with E-state index in [0.29, 0.717) is 18.1 Å². The molecule has 0 aliphatic carbocycles. The van der Waals surface area contributed by atoms with Gasteiger partial charge < -0.3 is 13.8 Å². The summed E-state index contributed by atoms with van der Waals surface area (Å²) < 4.78 is 12.7. The highest BCUT2D eigenvalue weighted by Gasteiger charge is 2.21. The minimum absolute atomic E-state index is 0.102. The fourth-order valence-corrected chi connectivity index (χ4v) is 3.44. The van der Waals surface area contributed by atoms with Crippen molar-refractivity contribution in [2.75, 3.05) is 7.11 Å². The van der Waals surface area contributed by atoms with E-state index in [1.165, 1.54) is 0 Å². The average Bonchev–Trinajstić information content (AvgIpc) is 3.02. The van der Waals surface area contributed by atoms with E-state index in [1.54, 1.807) is 23.9 Å². The van der Waals surface area contributed by atoms with Gasteiger partial charge in [-0.1, -0.05) is 11.2 Å². The van der Waals surface area contributed by atoms with Crippen molar-refractivity contribution < 1.29 is 9.26 Å². The van der Waals surface area contributed by atoms with Crippen molar-refractivity contribution in [3.05, 3.63) is 76.2 Å². The van der Waals surface area contributed by atoms with Crippen molar-refractivity contribution in [2.24, 2.45) is 0 Å². The van der Waals surface area contributed by atoms with E-state index in [4.69, 9.17) is 9.26 Å². The lowest BCUT2D eigenvalue weighted by molar-refractivity contribution is 0.393. The van der Waals surface area contributed by atoms with Crippen LogP contribution in [0.25, 0.3) is 22.0 Å². The van der Waals surface area contributed by atoms with E-state index in [2.05, 4.69) is 10.1 Å². The third kappa shape index (κ3) is 2.89. The summed E-state index contributed by atoms with van der Waals surface area (Å²) in [5.41, 5.74) is 3.88. The molecular formula is C21H19N3O3. The van der Waals surface area contributed by atoms with Gasteiger partial charge in [0, 0.05) is 12.3 Å². The lowest BCUT2D eigenvalue weighted by Gasteiger charge is -2.17. The number of aromatic nitrogens is 3. The Morgan fingerprint density at radius 2 is 1.89 bits per heavy atom.